The van der Waals surface area contributed by atoms with E-state index in [0.29, 0.717) is 36.1 Å². The summed E-state index contributed by atoms with van der Waals surface area (Å²) in [5, 5.41) is 3.20. The number of nitrogens with zero attached hydrogens (tertiary/aromatic N) is 1. The zero-order valence-corrected chi connectivity index (χ0v) is 11.9. The molecule has 2 heterocycles. The summed E-state index contributed by atoms with van der Waals surface area (Å²) in [6, 6.07) is 1.59. The van der Waals surface area contributed by atoms with E-state index in [2.05, 4.69) is 17.2 Å². The van der Waals surface area contributed by atoms with Crippen LogP contribution in [-0.4, -0.2) is 36.8 Å². The van der Waals surface area contributed by atoms with Crippen molar-refractivity contribution in [2.24, 2.45) is 5.92 Å². The lowest BCUT2D eigenvalue weighted by molar-refractivity contribution is 0.0527. The van der Waals surface area contributed by atoms with Crippen LogP contribution in [0.5, 0.6) is 0 Å². The zero-order valence-electron chi connectivity index (χ0n) is 11.9. The highest BCUT2D eigenvalue weighted by Gasteiger charge is 2.24. The Morgan fingerprint density at radius 1 is 1.65 bits per heavy atom. The number of nitrogens with one attached hydrogen (secondary N) is 1. The predicted octanol–water partition coefficient (Wildman–Crippen LogP) is 1.68. The molecule has 0 saturated carbocycles. The predicted molar refractivity (Wildman–Crippen MR) is 76.6 cm³/mol. The molecular formula is C14H21N3O3. The number of aromatic nitrogens is 1. The van der Waals surface area contributed by atoms with Crippen LogP contribution in [0.4, 0.5) is 11.5 Å². The number of nitrogens with two attached hydrogens (primary N) is 1. The first-order valence-electron chi connectivity index (χ1n) is 6.90. The molecule has 1 saturated heterocycles. The average molecular weight is 279 g/mol. The number of ether oxygens (including phenoxy) is 2. The van der Waals surface area contributed by atoms with Gasteiger partial charge in [0, 0.05) is 19.1 Å². The molecule has 1 aromatic rings. The molecule has 6 heteroatoms. The van der Waals surface area contributed by atoms with E-state index in [-0.39, 0.29) is 6.10 Å². The zero-order chi connectivity index (χ0) is 14.5. The lowest BCUT2D eigenvalue weighted by Crippen LogP contribution is -2.22. The van der Waals surface area contributed by atoms with E-state index in [4.69, 9.17) is 15.2 Å². The molecule has 0 aromatic carbocycles. The van der Waals surface area contributed by atoms with Gasteiger partial charge in [0.25, 0.3) is 0 Å². The summed E-state index contributed by atoms with van der Waals surface area (Å²) in [7, 11) is 0. The lowest BCUT2D eigenvalue weighted by Gasteiger charge is -2.16. The van der Waals surface area contributed by atoms with Crippen LogP contribution in [0.1, 0.15) is 30.6 Å². The normalized spacial score (nSPS) is 21.7. The van der Waals surface area contributed by atoms with Crippen molar-refractivity contribution in [1.29, 1.82) is 0 Å². The smallest absolute Gasteiger partial charge is 0.341 e. The molecule has 6 nitrogen and oxygen atoms in total. The highest BCUT2D eigenvalue weighted by molar-refractivity contribution is 5.95. The molecule has 2 unspecified atom stereocenters. The third kappa shape index (κ3) is 3.39. The maximum Gasteiger partial charge on any atom is 0.341 e. The first-order valence-corrected chi connectivity index (χ1v) is 6.90. The van der Waals surface area contributed by atoms with Gasteiger partial charge in [-0.1, -0.05) is 0 Å². The van der Waals surface area contributed by atoms with Gasteiger partial charge in [0.15, 0.2) is 0 Å². The van der Waals surface area contributed by atoms with Gasteiger partial charge in [-0.05, 0) is 26.3 Å². The number of pyridine rings is 1. The fraction of sp³-hybridized carbons (Fsp3) is 0.571. The third-order valence-electron chi connectivity index (χ3n) is 3.47. The molecule has 1 aliphatic heterocycles. The average Bonchev–Trinajstić information content (AvgIpc) is 2.83. The molecule has 0 spiro atoms. The first kappa shape index (κ1) is 14.6. The van der Waals surface area contributed by atoms with Crippen LogP contribution in [0.3, 0.4) is 0 Å². The van der Waals surface area contributed by atoms with Gasteiger partial charge in [0.1, 0.15) is 11.4 Å². The summed E-state index contributed by atoms with van der Waals surface area (Å²) in [6.07, 6.45) is 2.76. The van der Waals surface area contributed by atoms with Crippen molar-refractivity contribution in [3.63, 3.8) is 0 Å². The number of nitrogen functional groups attached to an aromatic ring is 1. The van der Waals surface area contributed by atoms with Crippen LogP contribution in [0.2, 0.25) is 0 Å². The van der Waals surface area contributed by atoms with Crippen molar-refractivity contribution in [3.8, 4) is 0 Å². The number of carbonyl (C=O) groups is 1. The van der Waals surface area contributed by atoms with Crippen LogP contribution in [0, 0.1) is 5.92 Å². The minimum absolute atomic E-state index is 0.224. The molecule has 20 heavy (non-hydrogen) atoms. The second kappa shape index (κ2) is 6.56. The van der Waals surface area contributed by atoms with Crippen molar-refractivity contribution in [1.82, 2.24) is 4.98 Å². The molecule has 0 aliphatic carbocycles. The van der Waals surface area contributed by atoms with Gasteiger partial charge < -0.3 is 20.5 Å². The Balaban J connectivity index is 2.08. The SMILES string of the molecule is CCOC(=O)c1cc(N)cnc1NCC1CCOC1C. The second-order valence-corrected chi connectivity index (χ2v) is 4.89. The fourth-order valence-electron chi connectivity index (χ4n) is 2.26. The molecule has 0 bridgehead atoms. The van der Waals surface area contributed by atoms with Gasteiger partial charge in [0.2, 0.25) is 0 Å². The largest absolute Gasteiger partial charge is 0.462 e. The lowest BCUT2D eigenvalue weighted by atomic mass is 10.0. The summed E-state index contributed by atoms with van der Waals surface area (Å²) in [5.74, 6) is 0.520. The van der Waals surface area contributed by atoms with Crippen molar-refractivity contribution < 1.29 is 14.3 Å². The van der Waals surface area contributed by atoms with Gasteiger partial charge in [0.05, 0.1) is 24.6 Å². The molecule has 0 amide bonds. The Kier molecular flexibility index (Phi) is 4.79. The topological polar surface area (TPSA) is 86.5 Å². The molecule has 2 atom stereocenters. The molecule has 1 fully saturated rings. The van der Waals surface area contributed by atoms with Gasteiger partial charge in [-0.2, -0.15) is 0 Å². The number of rotatable bonds is 5. The number of hydrogen-bond donors (Lipinski definition) is 2. The maximum atomic E-state index is 11.9. The third-order valence-corrected chi connectivity index (χ3v) is 3.47. The van der Waals surface area contributed by atoms with Crippen LogP contribution >= 0.6 is 0 Å². The summed E-state index contributed by atoms with van der Waals surface area (Å²) in [5.41, 5.74) is 6.50. The first-order chi connectivity index (χ1) is 9.61. The van der Waals surface area contributed by atoms with Crippen LogP contribution in [-0.2, 0) is 9.47 Å². The van der Waals surface area contributed by atoms with Crippen LogP contribution < -0.4 is 11.1 Å². The molecule has 0 radical (unpaired) electrons. The number of carbonyl (C=O) groups excluding carboxylic acids is 1. The Hall–Kier alpha value is -1.82. The summed E-state index contributed by atoms with van der Waals surface area (Å²) >= 11 is 0. The molecule has 1 aromatic heterocycles. The Morgan fingerprint density at radius 2 is 2.45 bits per heavy atom. The van der Waals surface area contributed by atoms with Gasteiger partial charge in [-0.3, -0.25) is 0 Å². The van der Waals surface area contributed by atoms with Crippen LogP contribution in [0.15, 0.2) is 12.3 Å². The van der Waals surface area contributed by atoms with Gasteiger partial charge in [-0.15, -0.1) is 0 Å². The highest BCUT2D eigenvalue weighted by atomic mass is 16.5. The molecule has 3 N–H and O–H groups in total. The van der Waals surface area contributed by atoms with E-state index in [9.17, 15) is 4.79 Å². The minimum Gasteiger partial charge on any atom is -0.462 e. The van der Waals surface area contributed by atoms with E-state index in [1.54, 1.807) is 13.0 Å². The fourth-order valence-corrected chi connectivity index (χ4v) is 2.26. The Labute approximate surface area is 118 Å². The van der Waals surface area contributed by atoms with Gasteiger partial charge >= 0.3 is 5.97 Å². The molecule has 2 rings (SSSR count). The van der Waals surface area contributed by atoms with E-state index < -0.39 is 5.97 Å². The Bertz CT molecular complexity index is 479. The maximum absolute atomic E-state index is 11.9. The number of anilines is 2. The molecule has 1 aliphatic rings. The minimum atomic E-state index is -0.412. The summed E-state index contributed by atoms with van der Waals surface area (Å²) in [4.78, 5) is 16.1. The number of hydrogen-bond acceptors (Lipinski definition) is 6. The van der Waals surface area contributed by atoms with E-state index in [0.717, 1.165) is 13.0 Å². The summed E-state index contributed by atoms with van der Waals surface area (Å²) in [6.45, 7) is 5.64. The number of esters is 1. The molecular weight excluding hydrogens is 258 g/mol. The van der Waals surface area contributed by atoms with E-state index >= 15 is 0 Å². The van der Waals surface area contributed by atoms with Crippen LogP contribution in [0.25, 0.3) is 0 Å². The quantitative estimate of drug-likeness (QED) is 0.797. The van der Waals surface area contributed by atoms with Gasteiger partial charge in [-0.25, -0.2) is 9.78 Å². The second-order valence-electron chi connectivity index (χ2n) is 4.89. The molecule has 110 valence electrons. The van der Waals surface area contributed by atoms with Crippen molar-refractivity contribution in [2.75, 3.05) is 30.8 Å². The standard InChI is InChI=1S/C14H21N3O3/c1-3-19-14(18)12-6-11(15)8-17-13(12)16-7-10-4-5-20-9(10)2/h6,8-10H,3-5,7,15H2,1-2H3,(H,16,17). The monoisotopic (exact) mass is 279 g/mol. The Morgan fingerprint density at radius 3 is 3.10 bits per heavy atom. The van der Waals surface area contributed by atoms with E-state index in [1.807, 2.05) is 0 Å². The van der Waals surface area contributed by atoms with Crippen molar-refractivity contribution in [3.05, 3.63) is 17.8 Å². The highest BCUT2D eigenvalue weighted by Crippen LogP contribution is 2.22. The van der Waals surface area contributed by atoms with Crippen molar-refractivity contribution >= 4 is 17.5 Å². The van der Waals surface area contributed by atoms with Crippen molar-refractivity contribution in [2.45, 2.75) is 26.4 Å². The van der Waals surface area contributed by atoms with E-state index in [1.165, 1.54) is 6.20 Å². The summed E-state index contributed by atoms with van der Waals surface area (Å²) < 4.78 is 10.5.